The van der Waals surface area contributed by atoms with Crippen molar-refractivity contribution in [3.8, 4) is 0 Å². The first-order chi connectivity index (χ1) is 7.16. The van der Waals surface area contributed by atoms with Gasteiger partial charge in [0.2, 0.25) is 0 Å². The van der Waals surface area contributed by atoms with E-state index in [2.05, 4.69) is 5.10 Å². The van der Waals surface area contributed by atoms with Crippen molar-refractivity contribution in [2.45, 2.75) is 13.5 Å². The van der Waals surface area contributed by atoms with E-state index >= 15 is 0 Å². The van der Waals surface area contributed by atoms with Crippen LogP contribution in [-0.2, 0) is 6.54 Å². The Morgan fingerprint density at radius 3 is 2.73 bits per heavy atom. The van der Waals surface area contributed by atoms with Gasteiger partial charge in [0.15, 0.2) is 0 Å². The van der Waals surface area contributed by atoms with Crippen LogP contribution >= 0.6 is 0 Å². The van der Waals surface area contributed by atoms with Crippen molar-refractivity contribution in [1.82, 2.24) is 9.78 Å². The van der Waals surface area contributed by atoms with Gasteiger partial charge in [0.1, 0.15) is 11.6 Å². The Balaban J connectivity index is 2.32. The maximum absolute atomic E-state index is 13.3. The molecule has 0 aliphatic heterocycles. The van der Waals surface area contributed by atoms with Crippen molar-refractivity contribution in [3.05, 3.63) is 53.4 Å². The number of rotatable bonds is 2. The molecule has 78 valence electrons. The molecule has 1 heterocycles. The lowest BCUT2D eigenvalue weighted by Gasteiger charge is -2.05. The predicted octanol–water partition coefficient (Wildman–Crippen LogP) is 2.52. The molecule has 1 aromatic carbocycles. The summed E-state index contributed by atoms with van der Waals surface area (Å²) in [5.41, 5.74) is 1.22. The van der Waals surface area contributed by atoms with Crippen LogP contribution in [0.15, 0.2) is 30.5 Å². The molecule has 0 amide bonds. The lowest BCUT2D eigenvalue weighted by molar-refractivity contribution is 0.563. The van der Waals surface area contributed by atoms with Crippen LogP contribution in [0.5, 0.6) is 0 Å². The zero-order valence-electron chi connectivity index (χ0n) is 8.24. The Morgan fingerprint density at radius 2 is 2.07 bits per heavy atom. The van der Waals surface area contributed by atoms with Crippen molar-refractivity contribution < 1.29 is 8.78 Å². The van der Waals surface area contributed by atoms with E-state index in [4.69, 9.17) is 0 Å². The van der Waals surface area contributed by atoms with E-state index in [0.717, 1.165) is 17.8 Å². The number of aromatic nitrogens is 2. The lowest BCUT2D eigenvalue weighted by atomic mass is 10.2. The summed E-state index contributed by atoms with van der Waals surface area (Å²) >= 11 is 0. The Labute approximate surface area is 86.2 Å². The van der Waals surface area contributed by atoms with E-state index in [0.29, 0.717) is 5.56 Å². The molecule has 0 spiro atoms. The number of benzene rings is 1. The average molecular weight is 208 g/mol. The minimum Gasteiger partial charge on any atom is -0.265 e. The van der Waals surface area contributed by atoms with E-state index in [-0.39, 0.29) is 6.54 Å². The van der Waals surface area contributed by atoms with Crippen molar-refractivity contribution in [1.29, 1.82) is 0 Å². The fraction of sp³-hybridized carbons (Fsp3) is 0.182. The maximum Gasteiger partial charge on any atom is 0.128 e. The highest BCUT2D eigenvalue weighted by atomic mass is 19.1. The second-order valence-electron chi connectivity index (χ2n) is 3.37. The number of halogens is 2. The summed E-state index contributed by atoms with van der Waals surface area (Å²) in [6.45, 7) is 2.12. The highest BCUT2D eigenvalue weighted by Gasteiger charge is 2.06. The fourth-order valence-corrected chi connectivity index (χ4v) is 1.39. The van der Waals surface area contributed by atoms with Gasteiger partial charge in [-0.2, -0.15) is 5.10 Å². The standard InChI is InChI=1S/C11H10F2N2/c1-8-4-5-14-15(8)7-9-6-10(12)2-3-11(9)13/h2-6H,7H2,1H3. The van der Waals surface area contributed by atoms with Crippen LogP contribution in [0.2, 0.25) is 0 Å². The van der Waals surface area contributed by atoms with Crippen molar-refractivity contribution in [2.75, 3.05) is 0 Å². The van der Waals surface area contributed by atoms with Gasteiger partial charge < -0.3 is 0 Å². The quantitative estimate of drug-likeness (QED) is 0.741. The topological polar surface area (TPSA) is 17.8 Å². The van der Waals surface area contributed by atoms with Crippen LogP contribution in [0.25, 0.3) is 0 Å². The summed E-state index contributed by atoms with van der Waals surface area (Å²) in [4.78, 5) is 0. The van der Waals surface area contributed by atoms with Crippen molar-refractivity contribution in [2.24, 2.45) is 0 Å². The van der Waals surface area contributed by atoms with E-state index < -0.39 is 11.6 Å². The van der Waals surface area contributed by atoms with Gasteiger partial charge >= 0.3 is 0 Å². The molecule has 1 aromatic heterocycles. The summed E-state index contributed by atoms with van der Waals surface area (Å²) in [7, 11) is 0. The summed E-state index contributed by atoms with van der Waals surface area (Å²) < 4.78 is 27.8. The third-order valence-corrected chi connectivity index (χ3v) is 2.26. The molecule has 0 saturated carbocycles. The molecule has 0 saturated heterocycles. The number of aryl methyl sites for hydroxylation is 1. The Bertz CT molecular complexity index is 477. The molecule has 0 fully saturated rings. The van der Waals surface area contributed by atoms with Crippen molar-refractivity contribution in [3.63, 3.8) is 0 Å². The largest absolute Gasteiger partial charge is 0.265 e. The Kier molecular flexibility index (Phi) is 2.49. The molecular formula is C11H10F2N2. The molecule has 15 heavy (non-hydrogen) atoms. The third-order valence-electron chi connectivity index (χ3n) is 2.26. The minimum absolute atomic E-state index is 0.252. The smallest absolute Gasteiger partial charge is 0.128 e. The summed E-state index contributed by atoms with van der Waals surface area (Å²) in [6.07, 6.45) is 1.63. The molecule has 2 aromatic rings. The molecule has 0 bridgehead atoms. The van der Waals surface area contributed by atoms with Crippen LogP contribution in [0.1, 0.15) is 11.3 Å². The van der Waals surface area contributed by atoms with Gasteiger partial charge in [-0.05, 0) is 31.2 Å². The molecule has 0 unspecified atom stereocenters. The molecule has 0 N–H and O–H groups in total. The second-order valence-corrected chi connectivity index (χ2v) is 3.37. The van der Waals surface area contributed by atoms with Gasteiger partial charge in [-0.1, -0.05) is 0 Å². The van der Waals surface area contributed by atoms with E-state index in [1.807, 2.05) is 13.0 Å². The highest BCUT2D eigenvalue weighted by Crippen LogP contribution is 2.11. The predicted molar refractivity (Wildman–Crippen MR) is 52.4 cm³/mol. The van der Waals surface area contributed by atoms with Gasteiger partial charge in [0.25, 0.3) is 0 Å². The number of nitrogens with zero attached hydrogens (tertiary/aromatic N) is 2. The molecule has 0 radical (unpaired) electrons. The van der Waals surface area contributed by atoms with Gasteiger partial charge in [-0.3, -0.25) is 4.68 Å². The number of hydrogen-bond acceptors (Lipinski definition) is 1. The van der Waals surface area contributed by atoms with Crippen LogP contribution in [0.3, 0.4) is 0 Å². The zero-order valence-corrected chi connectivity index (χ0v) is 8.24. The van der Waals surface area contributed by atoms with Crippen LogP contribution in [0, 0.1) is 18.6 Å². The normalized spacial score (nSPS) is 10.6. The van der Waals surface area contributed by atoms with E-state index in [1.54, 1.807) is 10.9 Å². The fourth-order valence-electron chi connectivity index (χ4n) is 1.39. The maximum atomic E-state index is 13.3. The number of hydrogen-bond donors (Lipinski definition) is 0. The average Bonchev–Trinajstić information content (AvgIpc) is 2.58. The zero-order chi connectivity index (χ0) is 10.8. The molecule has 0 aliphatic carbocycles. The summed E-state index contributed by atoms with van der Waals surface area (Å²) in [6, 6.07) is 5.24. The minimum atomic E-state index is -0.434. The Morgan fingerprint density at radius 1 is 1.27 bits per heavy atom. The second kappa shape index (κ2) is 3.81. The van der Waals surface area contributed by atoms with E-state index in [9.17, 15) is 8.78 Å². The molecule has 0 atom stereocenters. The summed E-state index contributed by atoms with van der Waals surface area (Å²) in [5, 5.41) is 4.01. The lowest BCUT2D eigenvalue weighted by Crippen LogP contribution is -2.05. The third kappa shape index (κ3) is 2.03. The van der Waals surface area contributed by atoms with Crippen LogP contribution < -0.4 is 0 Å². The Hall–Kier alpha value is -1.71. The van der Waals surface area contributed by atoms with Gasteiger partial charge in [-0.25, -0.2) is 8.78 Å². The SMILES string of the molecule is Cc1ccnn1Cc1cc(F)ccc1F. The highest BCUT2D eigenvalue weighted by molar-refractivity contribution is 5.19. The van der Waals surface area contributed by atoms with Gasteiger partial charge in [0.05, 0.1) is 6.54 Å². The van der Waals surface area contributed by atoms with Crippen LogP contribution in [-0.4, -0.2) is 9.78 Å². The van der Waals surface area contributed by atoms with Gasteiger partial charge in [0, 0.05) is 17.5 Å². The van der Waals surface area contributed by atoms with Crippen LogP contribution in [0.4, 0.5) is 8.78 Å². The first kappa shape index (κ1) is 9.83. The molecule has 4 heteroatoms. The van der Waals surface area contributed by atoms with Crippen molar-refractivity contribution >= 4 is 0 Å². The molecule has 2 nitrogen and oxygen atoms in total. The molecular weight excluding hydrogens is 198 g/mol. The first-order valence-electron chi connectivity index (χ1n) is 4.59. The van der Waals surface area contributed by atoms with Gasteiger partial charge in [-0.15, -0.1) is 0 Å². The van der Waals surface area contributed by atoms with E-state index in [1.165, 1.54) is 6.07 Å². The first-order valence-corrected chi connectivity index (χ1v) is 4.59. The summed E-state index contributed by atoms with van der Waals surface area (Å²) in [5.74, 6) is -0.845. The molecule has 0 aliphatic rings. The monoisotopic (exact) mass is 208 g/mol. The molecule has 2 rings (SSSR count).